The predicted octanol–water partition coefficient (Wildman–Crippen LogP) is 20.5. The average molecular weight is 997 g/mol. The van der Waals surface area contributed by atoms with E-state index in [0.717, 1.165) is 40.4 Å². The van der Waals surface area contributed by atoms with Crippen molar-refractivity contribution in [3.05, 3.63) is 243 Å². The van der Waals surface area contributed by atoms with Crippen LogP contribution in [0.5, 0.6) is 0 Å². The third-order valence-corrected chi connectivity index (χ3v) is 18.4. The summed E-state index contributed by atoms with van der Waals surface area (Å²) < 4.78 is 0. The number of hydrogen-bond donors (Lipinski definition) is 1. The maximum atomic E-state index is 3.99. The van der Waals surface area contributed by atoms with E-state index in [-0.39, 0.29) is 16.2 Å². The van der Waals surface area contributed by atoms with E-state index < -0.39 is 0 Å². The van der Waals surface area contributed by atoms with Crippen LogP contribution in [-0.2, 0) is 22.7 Å². The lowest BCUT2D eigenvalue weighted by molar-refractivity contribution is 0.331. The normalized spacial score (nSPS) is 14.2. The van der Waals surface area contributed by atoms with Gasteiger partial charge < -0.3 is 10.2 Å². The van der Waals surface area contributed by atoms with E-state index in [1.807, 2.05) is 11.8 Å². The van der Waals surface area contributed by atoms with Gasteiger partial charge in [0, 0.05) is 49.2 Å². The molecule has 0 aromatic heterocycles. The lowest BCUT2D eigenvalue weighted by Crippen LogP contribution is -2.35. The second-order valence-electron chi connectivity index (χ2n) is 23.6. The van der Waals surface area contributed by atoms with Gasteiger partial charge in [-0.1, -0.05) is 174 Å². The zero-order valence-corrected chi connectivity index (χ0v) is 47.0. The molecule has 0 saturated heterocycles. The highest BCUT2D eigenvalue weighted by atomic mass is 32.2. The van der Waals surface area contributed by atoms with Gasteiger partial charge in [0.05, 0.1) is 0 Å². The summed E-state index contributed by atoms with van der Waals surface area (Å²) in [6.45, 7) is 28.3. The van der Waals surface area contributed by atoms with Gasteiger partial charge >= 0.3 is 0 Å². The van der Waals surface area contributed by atoms with Gasteiger partial charge in [0.25, 0.3) is 0 Å². The minimum absolute atomic E-state index is 0.132. The number of fused-ring (bicyclic) bond motifs is 4. The van der Waals surface area contributed by atoms with Crippen LogP contribution in [0.2, 0.25) is 0 Å². The van der Waals surface area contributed by atoms with E-state index >= 15 is 0 Å². The van der Waals surface area contributed by atoms with Crippen molar-refractivity contribution in [3.63, 3.8) is 0 Å². The molecule has 2 aliphatic carbocycles. The lowest BCUT2D eigenvalue weighted by atomic mass is 9.61. The van der Waals surface area contributed by atoms with Crippen molar-refractivity contribution in [2.24, 2.45) is 0 Å². The van der Waals surface area contributed by atoms with Crippen molar-refractivity contribution in [2.45, 2.75) is 128 Å². The zero-order valence-electron chi connectivity index (χ0n) is 46.2. The summed E-state index contributed by atoms with van der Waals surface area (Å²) in [4.78, 5) is 4.96. The number of rotatable bonds is 11. The molecule has 0 atom stereocenters. The van der Waals surface area contributed by atoms with Crippen LogP contribution in [0.25, 0.3) is 33.4 Å². The number of benzene rings is 9. The Morgan fingerprint density at radius 2 is 1.11 bits per heavy atom. The molecule has 11 rings (SSSR count). The molecule has 2 nitrogen and oxygen atoms in total. The van der Waals surface area contributed by atoms with Crippen LogP contribution in [0.4, 0.5) is 28.4 Å². The molecule has 376 valence electrons. The Kier molecular flexibility index (Phi) is 12.9. The van der Waals surface area contributed by atoms with Crippen LogP contribution in [0.1, 0.15) is 121 Å². The second-order valence-corrected chi connectivity index (χ2v) is 24.7. The van der Waals surface area contributed by atoms with Gasteiger partial charge in [-0.2, -0.15) is 0 Å². The van der Waals surface area contributed by atoms with Crippen LogP contribution in [0.15, 0.2) is 186 Å². The van der Waals surface area contributed by atoms with Crippen molar-refractivity contribution in [1.82, 2.24) is 0 Å². The van der Waals surface area contributed by atoms with E-state index in [9.17, 15) is 0 Å². The summed E-state index contributed by atoms with van der Waals surface area (Å²) in [5.74, 6) is 0. The van der Waals surface area contributed by atoms with Crippen LogP contribution in [0.3, 0.4) is 0 Å². The van der Waals surface area contributed by atoms with E-state index in [1.54, 1.807) is 0 Å². The van der Waals surface area contributed by atoms with E-state index in [4.69, 9.17) is 0 Å². The minimum Gasteiger partial charge on any atom is -0.355 e. The molecule has 0 amide bonds. The highest BCUT2D eigenvalue weighted by Crippen LogP contribution is 2.52. The van der Waals surface area contributed by atoms with Crippen LogP contribution in [0, 0.1) is 41.5 Å². The molecule has 0 bridgehead atoms. The number of anilines is 5. The second kappa shape index (κ2) is 19.3. The molecule has 0 aliphatic heterocycles. The fraction of sp³-hybridized carbons (Fsp3) is 0.250. The van der Waals surface area contributed by atoms with Crippen molar-refractivity contribution in [1.29, 1.82) is 0 Å². The minimum atomic E-state index is -0.227. The molecule has 0 radical (unpaired) electrons. The van der Waals surface area contributed by atoms with Gasteiger partial charge in [0.1, 0.15) is 0 Å². The highest BCUT2D eigenvalue weighted by molar-refractivity contribution is 7.99. The van der Waals surface area contributed by atoms with E-state index in [2.05, 4.69) is 269 Å². The molecule has 9 aromatic carbocycles. The fourth-order valence-corrected chi connectivity index (χ4v) is 13.8. The Hall–Kier alpha value is -7.07. The molecule has 0 heterocycles. The Balaban J connectivity index is 1.08. The monoisotopic (exact) mass is 997 g/mol. The summed E-state index contributed by atoms with van der Waals surface area (Å²) in [6, 6.07) is 66.3. The summed E-state index contributed by atoms with van der Waals surface area (Å²) in [5.41, 5.74) is 29.4. The molecule has 75 heavy (non-hydrogen) atoms. The van der Waals surface area contributed by atoms with Gasteiger partial charge in [-0.05, 0) is 221 Å². The Morgan fingerprint density at radius 1 is 0.480 bits per heavy atom. The van der Waals surface area contributed by atoms with Gasteiger partial charge in [-0.15, -0.1) is 0 Å². The molecule has 0 unspecified atom stereocenters. The largest absolute Gasteiger partial charge is 0.355 e. The van der Waals surface area contributed by atoms with Crippen LogP contribution in [-0.4, -0.2) is 0 Å². The standard InChI is InChI=1S/C72H72N2S/c1-45-28-31-55(32-29-45)74(56-33-30-52-40-51-22-16-17-25-58(51)60(52)42-56)57-34-35-59(66(43-57)73-54-23-14-13-15-24-54)61-41-53(68-46(2)20-18-21-47(68)3)38-49(5)69(61)75-67-27-19-26-62(50(67)6)72(11,12)63-44-65-64(39-48(63)4)70(7,8)36-37-71(65,9)10/h13-35,38-39,41-44,73H,36-37,40H2,1-12H3. The molecular weight excluding hydrogens is 925 g/mol. The average Bonchev–Trinajstić information content (AvgIpc) is 3.76. The fourth-order valence-electron chi connectivity index (χ4n) is 12.7. The van der Waals surface area contributed by atoms with Gasteiger partial charge in [-0.25, -0.2) is 0 Å². The number of nitrogens with zero attached hydrogens (tertiary/aromatic N) is 1. The van der Waals surface area contributed by atoms with Gasteiger partial charge in [-0.3, -0.25) is 0 Å². The van der Waals surface area contributed by atoms with Crippen LogP contribution < -0.4 is 10.2 Å². The van der Waals surface area contributed by atoms with Crippen LogP contribution >= 0.6 is 11.8 Å². The summed E-state index contributed by atoms with van der Waals surface area (Å²) in [5, 5.41) is 3.99. The van der Waals surface area contributed by atoms with Crippen molar-refractivity contribution >= 4 is 40.2 Å². The predicted molar refractivity (Wildman–Crippen MR) is 323 cm³/mol. The molecular formula is C72H72N2S. The maximum absolute atomic E-state index is 3.99. The van der Waals surface area contributed by atoms with Gasteiger partial charge in [0.2, 0.25) is 0 Å². The van der Waals surface area contributed by atoms with Crippen molar-refractivity contribution in [2.75, 3.05) is 10.2 Å². The molecule has 0 fully saturated rings. The smallest absolute Gasteiger partial charge is 0.0485 e. The van der Waals surface area contributed by atoms with E-state index in [1.165, 1.54) is 117 Å². The number of para-hydroxylation sites is 1. The van der Waals surface area contributed by atoms with Crippen molar-refractivity contribution < 1.29 is 0 Å². The van der Waals surface area contributed by atoms with Crippen molar-refractivity contribution in [3.8, 4) is 33.4 Å². The first-order valence-electron chi connectivity index (χ1n) is 27.1. The molecule has 9 aromatic rings. The SMILES string of the molecule is Cc1ccc(N(c2ccc(-c3cc(-c4c(C)cccc4C)cc(C)c3Sc3cccc(C(C)(C)c4cc5c(cc4C)C(C)(C)CCC5(C)C)c3C)c(Nc3ccccc3)c2)c2ccc3c(c2)-c2ccccc2C3)cc1. The Labute approximate surface area is 452 Å². The highest BCUT2D eigenvalue weighted by Gasteiger charge is 2.39. The molecule has 3 heteroatoms. The third-order valence-electron chi connectivity index (χ3n) is 17.0. The number of hydrogen-bond acceptors (Lipinski definition) is 3. The Morgan fingerprint density at radius 3 is 1.84 bits per heavy atom. The summed E-state index contributed by atoms with van der Waals surface area (Å²) in [7, 11) is 0. The molecule has 1 N–H and O–H groups in total. The third kappa shape index (κ3) is 9.22. The number of nitrogens with one attached hydrogen (secondary N) is 1. The molecule has 0 saturated carbocycles. The molecule has 2 aliphatic rings. The summed E-state index contributed by atoms with van der Waals surface area (Å²) >= 11 is 1.91. The first kappa shape index (κ1) is 50.1. The maximum Gasteiger partial charge on any atom is 0.0485 e. The molecule has 0 spiro atoms. The Bertz CT molecular complexity index is 3650. The first-order valence-corrected chi connectivity index (χ1v) is 27.9. The number of aryl methyl sites for hydroxylation is 5. The van der Waals surface area contributed by atoms with Gasteiger partial charge in [0.15, 0.2) is 0 Å². The lowest BCUT2D eigenvalue weighted by Gasteiger charge is -2.43. The zero-order chi connectivity index (χ0) is 52.6. The topological polar surface area (TPSA) is 15.3 Å². The van der Waals surface area contributed by atoms with E-state index in [0.29, 0.717) is 0 Å². The summed E-state index contributed by atoms with van der Waals surface area (Å²) in [6.07, 6.45) is 3.38. The first-order chi connectivity index (χ1) is 35.9. The quantitative estimate of drug-likeness (QED) is 0.139.